The molecule has 0 aliphatic carbocycles. The zero-order valence-electron chi connectivity index (χ0n) is 24.5. The van der Waals surface area contributed by atoms with Crippen molar-refractivity contribution < 1.29 is 27.8 Å². The molecule has 1 aliphatic rings. The van der Waals surface area contributed by atoms with Gasteiger partial charge in [-0.3, -0.25) is 4.68 Å². The van der Waals surface area contributed by atoms with E-state index in [1.807, 2.05) is 23.8 Å². The maximum atomic E-state index is 15.2. The third kappa shape index (κ3) is 6.63. The lowest BCUT2D eigenvalue weighted by atomic mass is 9.89. The lowest BCUT2D eigenvalue weighted by molar-refractivity contribution is -0.0974. The molecule has 10 nitrogen and oxygen atoms in total. The van der Waals surface area contributed by atoms with E-state index in [1.165, 1.54) is 6.20 Å². The predicted molar refractivity (Wildman–Crippen MR) is 158 cm³/mol. The van der Waals surface area contributed by atoms with E-state index in [9.17, 15) is 4.79 Å². The average Bonchev–Trinajstić information content (AvgIpc) is 3.49. The number of nitrogens with one attached hydrogen (secondary N) is 2. The van der Waals surface area contributed by atoms with Crippen LogP contribution in [0.25, 0.3) is 22.3 Å². The summed E-state index contributed by atoms with van der Waals surface area (Å²) in [5, 5.41) is 10.0. The van der Waals surface area contributed by atoms with Crippen molar-refractivity contribution in [2.24, 2.45) is 12.5 Å². The van der Waals surface area contributed by atoms with Gasteiger partial charge in [-0.05, 0) is 12.1 Å². The Morgan fingerprint density at radius 3 is 2.52 bits per heavy atom. The average molecular weight is 599 g/mol. The van der Waals surface area contributed by atoms with Crippen LogP contribution in [-0.4, -0.2) is 59.8 Å². The third-order valence-corrected chi connectivity index (χ3v) is 8.79. The number of benzene rings is 1. The molecule has 1 fully saturated rings. The molecule has 42 heavy (non-hydrogen) atoms. The molecule has 0 saturated carbocycles. The molecule has 0 radical (unpaired) electrons. The van der Waals surface area contributed by atoms with Crippen molar-refractivity contribution in [1.29, 1.82) is 0 Å². The van der Waals surface area contributed by atoms with Crippen LogP contribution in [0.1, 0.15) is 6.92 Å². The Labute approximate surface area is 244 Å². The molecule has 0 bridgehead atoms. The normalized spacial score (nSPS) is 14.5. The Balaban J connectivity index is 1.40. The van der Waals surface area contributed by atoms with Crippen LogP contribution in [-0.2, 0) is 23.3 Å². The summed E-state index contributed by atoms with van der Waals surface area (Å²) < 4.78 is 51.0. The zero-order chi connectivity index (χ0) is 30.1. The molecule has 4 aromatic rings. The van der Waals surface area contributed by atoms with E-state index in [4.69, 9.17) is 14.2 Å². The van der Waals surface area contributed by atoms with E-state index in [-0.39, 0.29) is 23.6 Å². The number of aryl methyl sites for hydroxylation is 1. The molecular formula is C29H36F2N6O4Si-. The van der Waals surface area contributed by atoms with E-state index in [0.29, 0.717) is 37.4 Å². The minimum Gasteiger partial charge on any atom is -0.450 e. The van der Waals surface area contributed by atoms with Crippen molar-refractivity contribution in [3.8, 4) is 22.8 Å². The summed E-state index contributed by atoms with van der Waals surface area (Å²) in [6.45, 7) is 11.2. The van der Waals surface area contributed by atoms with E-state index in [2.05, 4.69) is 40.4 Å². The number of halogens is 2. The Morgan fingerprint density at radius 1 is 1.17 bits per heavy atom. The molecule has 225 valence electrons. The summed E-state index contributed by atoms with van der Waals surface area (Å²) in [5.41, 5.74) is 1.85. The second kappa shape index (κ2) is 11.8. The van der Waals surface area contributed by atoms with E-state index >= 15 is 8.78 Å². The highest BCUT2D eigenvalue weighted by molar-refractivity contribution is 6.76. The molecular weight excluding hydrogens is 562 g/mol. The minimum atomic E-state index is -1.27. The highest BCUT2D eigenvalue weighted by Crippen LogP contribution is 2.39. The van der Waals surface area contributed by atoms with Gasteiger partial charge in [-0.15, -0.1) is 14.1 Å². The van der Waals surface area contributed by atoms with Gasteiger partial charge in [-0.1, -0.05) is 6.92 Å². The number of pyridine rings is 1. The third-order valence-electron chi connectivity index (χ3n) is 7.09. The number of amides is 2. The van der Waals surface area contributed by atoms with E-state index in [0.717, 1.165) is 29.4 Å². The van der Waals surface area contributed by atoms with Crippen molar-refractivity contribution >= 4 is 30.8 Å². The van der Waals surface area contributed by atoms with Gasteiger partial charge in [0.15, 0.2) is 17.4 Å². The first kappa shape index (κ1) is 29.7. The van der Waals surface area contributed by atoms with Gasteiger partial charge in [0.25, 0.3) is 0 Å². The van der Waals surface area contributed by atoms with Crippen LogP contribution < -0.4 is 15.4 Å². The van der Waals surface area contributed by atoms with Crippen LogP contribution in [0.5, 0.6) is 11.5 Å². The smallest absolute Gasteiger partial charge is 0.319 e. The predicted octanol–water partition coefficient (Wildman–Crippen LogP) is 5.98. The topological polar surface area (TPSA) is 104 Å². The number of ether oxygens (including phenoxy) is 3. The highest BCUT2D eigenvalue weighted by Gasteiger charge is 2.33. The van der Waals surface area contributed by atoms with Crippen molar-refractivity contribution in [3.63, 3.8) is 0 Å². The first-order chi connectivity index (χ1) is 19.9. The van der Waals surface area contributed by atoms with Crippen molar-refractivity contribution in [1.82, 2.24) is 24.6 Å². The number of carbonyl (C=O) groups excluding carboxylic acids is 1. The Kier molecular flexibility index (Phi) is 8.35. The quantitative estimate of drug-likeness (QED) is 0.163. The van der Waals surface area contributed by atoms with E-state index < -0.39 is 31.5 Å². The molecule has 1 saturated heterocycles. The number of hydrogen-bond acceptors (Lipinski definition) is 6. The summed E-state index contributed by atoms with van der Waals surface area (Å²) in [4.78, 5) is 16.8. The van der Waals surface area contributed by atoms with E-state index in [1.54, 1.807) is 24.0 Å². The number of aromatic nitrogens is 4. The second-order valence-electron chi connectivity index (χ2n) is 12.2. The molecule has 5 rings (SSSR count). The number of carbonyl (C=O) groups is 1. The molecule has 0 unspecified atom stereocenters. The lowest BCUT2D eigenvalue weighted by Gasteiger charge is -2.37. The molecule has 1 aromatic carbocycles. The summed E-state index contributed by atoms with van der Waals surface area (Å²) in [5.74, 6) is -2.32. The number of anilines is 1. The summed E-state index contributed by atoms with van der Waals surface area (Å²) >= 11 is 0. The van der Waals surface area contributed by atoms with Gasteiger partial charge in [0.05, 0.1) is 24.3 Å². The standard InChI is InChI=1S/C29H36F2N6O4Si/c1-29(16-40-17-29)15-33-28(38)35-19-12-21(30)26(22(31)13-19)41-24-7-8-32-27-25(24)20(23-6-9-34-36(23)2)14-37(27)18-39-10-11-42(3,4)5/h6-9,12-14H,10-11,15-18H2,1-5H3,(H2,33,35,38)/q-1. The Hall–Kier alpha value is -3.81. The number of nitrogens with zero attached hydrogens (tertiary/aromatic N) is 4. The van der Waals surface area contributed by atoms with Gasteiger partial charge < -0.3 is 29.4 Å². The first-order valence-electron chi connectivity index (χ1n) is 13.8. The molecule has 3 aromatic heterocycles. The highest BCUT2D eigenvalue weighted by atomic mass is 28.3. The van der Waals surface area contributed by atoms with Crippen LogP contribution in [0.15, 0.2) is 42.9 Å². The monoisotopic (exact) mass is 598 g/mol. The fourth-order valence-electron chi connectivity index (χ4n) is 4.60. The summed E-state index contributed by atoms with van der Waals surface area (Å²) in [6, 6.07) is 5.88. The van der Waals surface area contributed by atoms with Gasteiger partial charge in [0.1, 0.15) is 18.1 Å². The molecule has 0 spiro atoms. The largest absolute Gasteiger partial charge is 0.450 e. The van der Waals surface area contributed by atoms with Gasteiger partial charge >= 0.3 is 6.03 Å². The second-order valence-corrected chi connectivity index (χ2v) is 17.8. The fraction of sp³-hybridized carbons (Fsp3) is 0.414. The first-order valence-corrected chi connectivity index (χ1v) is 17.5. The van der Waals surface area contributed by atoms with Gasteiger partial charge in [-0.2, -0.15) is 24.7 Å². The van der Waals surface area contributed by atoms with Gasteiger partial charge in [0.2, 0.25) is 0 Å². The lowest BCUT2D eigenvalue weighted by Crippen LogP contribution is -2.49. The van der Waals surface area contributed by atoms with Crippen LogP contribution >= 0.6 is 0 Å². The van der Waals surface area contributed by atoms with Crippen molar-refractivity contribution in [2.45, 2.75) is 39.3 Å². The molecule has 13 heteroatoms. The van der Waals surface area contributed by atoms with Crippen LogP contribution in [0, 0.1) is 17.0 Å². The summed E-state index contributed by atoms with van der Waals surface area (Å²) in [6.07, 6.45) is 5.07. The molecule has 0 atom stereocenters. The maximum absolute atomic E-state index is 15.2. The molecule has 4 heterocycles. The molecule has 2 amide bonds. The minimum absolute atomic E-state index is 0.0399. The number of fused-ring (bicyclic) bond motifs is 1. The zero-order valence-corrected chi connectivity index (χ0v) is 25.5. The van der Waals surface area contributed by atoms with Crippen LogP contribution in [0.2, 0.25) is 25.7 Å². The number of urea groups is 1. The SMILES string of the molecule is Cn1nccc1-c1cn(COCC[Si-](C)(C)C)c2nccc(Oc3c(F)cc(NC(=O)NCC4(C)COC4)cc3F)c12. The van der Waals surface area contributed by atoms with Crippen molar-refractivity contribution in [2.75, 3.05) is 31.7 Å². The Bertz CT molecular complexity index is 1570. The van der Waals surface area contributed by atoms with Gasteiger partial charge in [-0.25, -0.2) is 18.6 Å². The molecule has 1 aliphatic heterocycles. The summed E-state index contributed by atoms with van der Waals surface area (Å²) in [7, 11) is 0.541. The molecule has 2 N–H and O–H groups in total. The number of hydrogen-bond donors (Lipinski definition) is 2. The van der Waals surface area contributed by atoms with Crippen LogP contribution in [0.3, 0.4) is 0 Å². The maximum Gasteiger partial charge on any atom is 0.319 e. The van der Waals surface area contributed by atoms with Crippen LogP contribution in [0.4, 0.5) is 19.3 Å². The van der Waals surface area contributed by atoms with Crippen molar-refractivity contribution in [3.05, 3.63) is 54.5 Å². The van der Waals surface area contributed by atoms with Gasteiger partial charge in [0, 0.05) is 67.6 Å². The Morgan fingerprint density at radius 2 is 1.90 bits per heavy atom. The fourth-order valence-corrected chi connectivity index (χ4v) is 5.36. The number of rotatable bonds is 11.